The zero-order chi connectivity index (χ0) is 13.2. The number of hydrogen-bond acceptors (Lipinski definition) is 0. The maximum absolute atomic E-state index is 5.83. The van der Waals surface area contributed by atoms with Crippen LogP contribution in [0.4, 0.5) is 0 Å². The Morgan fingerprint density at radius 1 is 0.778 bits per heavy atom. The lowest BCUT2D eigenvalue weighted by molar-refractivity contribution is 1.14. The van der Waals surface area contributed by atoms with Gasteiger partial charge >= 0.3 is 0 Å². The average molecular weight is 300 g/mol. The van der Waals surface area contributed by atoms with Gasteiger partial charge in [0.15, 0.2) is 0 Å². The van der Waals surface area contributed by atoms with Gasteiger partial charge in [0.25, 0.3) is 0 Å². The van der Waals surface area contributed by atoms with Crippen molar-refractivity contribution in [1.82, 2.24) is 0 Å². The van der Waals surface area contributed by atoms with Crippen molar-refractivity contribution in [2.75, 3.05) is 0 Å². The van der Waals surface area contributed by atoms with Gasteiger partial charge in [0.05, 0.1) is 0 Å². The second-order valence-corrected chi connectivity index (χ2v) is 6.41. The van der Waals surface area contributed by atoms with E-state index in [0.717, 1.165) is 12.0 Å². The van der Waals surface area contributed by atoms with Crippen molar-refractivity contribution < 1.29 is 0 Å². The maximum Gasteiger partial charge on any atom is 0.216 e. The quantitative estimate of drug-likeness (QED) is 0.620. The Morgan fingerprint density at radius 2 is 1.22 bits per heavy atom. The summed E-state index contributed by atoms with van der Waals surface area (Å²) in [5, 5.41) is 0. The molecule has 3 heteroatoms. The Bertz CT molecular complexity index is 507. The molecule has 0 aliphatic heterocycles. The summed E-state index contributed by atoms with van der Waals surface area (Å²) in [6.07, 6.45) is 1.05. The van der Waals surface area contributed by atoms with Gasteiger partial charge in [0, 0.05) is 5.56 Å². The molecule has 0 aliphatic rings. The first-order valence-corrected chi connectivity index (χ1v) is 6.90. The summed E-state index contributed by atoms with van der Waals surface area (Å²) in [5.74, 6) is 0. The highest BCUT2D eigenvalue weighted by molar-refractivity contribution is 6.66. The van der Waals surface area contributed by atoms with E-state index in [1.165, 1.54) is 11.1 Å². The summed E-state index contributed by atoms with van der Waals surface area (Å²) in [7, 11) is 0. The summed E-state index contributed by atoms with van der Waals surface area (Å²) < 4.78 is -1.36. The molecule has 0 aliphatic carbocycles. The first-order chi connectivity index (χ1) is 8.50. The summed E-state index contributed by atoms with van der Waals surface area (Å²) in [6.45, 7) is 2.14. The van der Waals surface area contributed by atoms with Crippen molar-refractivity contribution in [2.45, 2.75) is 17.1 Å². The van der Waals surface area contributed by atoms with Crippen LogP contribution in [0.2, 0.25) is 0 Å². The van der Waals surface area contributed by atoms with Gasteiger partial charge < -0.3 is 0 Å². The molecule has 0 bridgehead atoms. The Kier molecular flexibility index (Phi) is 4.21. The van der Waals surface area contributed by atoms with Crippen LogP contribution in [0.15, 0.2) is 48.5 Å². The van der Waals surface area contributed by atoms with E-state index in [-0.39, 0.29) is 0 Å². The molecule has 0 nitrogen and oxygen atoms in total. The van der Waals surface area contributed by atoms with Crippen LogP contribution in [0.1, 0.15) is 18.1 Å². The lowest BCUT2D eigenvalue weighted by atomic mass is 10.0. The Balaban J connectivity index is 2.28. The van der Waals surface area contributed by atoms with Gasteiger partial charge in [-0.3, -0.25) is 0 Å². The first kappa shape index (κ1) is 13.7. The third-order valence-electron chi connectivity index (χ3n) is 2.91. The standard InChI is InChI=1S/C15H13Cl3/c1-2-11-3-5-12(6-4-11)13-7-9-14(10-8-13)15(16,17)18/h3-10H,2H2,1H3. The summed E-state index contributed by atoms with van der Waals surface area (Å²) in [6, 6.07) is 16.1. The molecule has 2 aromatic rings. The van der Waals surface area contributed by atoms with Gasteiger partial charge in [-0.15, -0.1) is 0 Å². The van der Waals surface area contributed by atoms with E-state index in [9.17, 15) is 0 Å². The molecule has 0 atom stereocenters. The second kappa shape index (κ2) is 5.52. The first-order valence-electron chi connectivity index (χ1n) is 5.77. The van der Waals surface area contributed by atoms with E-state index in [0.29, 0.717) is 5.56 Å². The zero-order valence-electron chi connectivity index (χ0n) is 9.96. The summed E-state index contributed by atoms with van der Waals surface area (Å²) in [4.78, 5) is 0. The van der Waals surface area contributed by atoms with E-state index >= 15 is 0 Å². The third kappa shape index (κ3) is 3.20. The molecular formula is C15H13Cl3. The van der Waals surface area contributed by atoms with Crippen molar-refractivity contribution in [1.29, 1.82) is 0 Å². The highest BCUT2D eigenvalue weighted by Crippen LogP contribution is 2.38. The van der Waals surface area contributed by atoms with Crippen LogP contribution in [-0.4, -0.2) is 0 Å². The predicted octanol–water partition coefficient (Wildman–Crippen LogP) is 5.74. The number of rotatable bonds is 2. The normalized spacial score (nSPS) is 11.6. The van der Waals surface area contributed by atoms with Crippen molar-refractivity contribution in [3.63, 3.8) is 0 Å². The van der Waals surface area contributed by atoms with Crippen molar-refractivity contribution in [3.8, 4) is 11.1 Å². The molecule has 0 fully saturated rings. The van der Waals surface area contributed by atoms with Crippen molar-refractivity contribution >= 4 is 34.8 Å². The molecular weight excluding hydrogens is 287 g/mol. The van der Waals surface area contributed by atoms with E-state index in [1.54, 1.807) is 0 Å². The molecule has 0 unspecified atom stereocenters. The monoisotopic (exact) mass is 298 g/mol. The Morgan fingerprint density at radius 3 is 1.61 bits per heavy atom. The smallest absolute Gasteiger partial charge is 0.0784 e. The Hall–Kier alpha value is -0.690. The van der Waals surface area contributed by atoms with E-state index in [2.05, 4.69) is 31.2 Å². The minimum absolute atomic E-state index is 0.682. The van der Waals surface area contributed by atoms with Gasteiger partial charge in [0.2, 0.25) is 3.79 Å². The molecule has 2 aromatic carbocycles. The van der Waals surface area contributed by atoms with Gasteiger partial charge in [-0.25, -0.2) is 0 Å². The van der Waals surface area contributed by atoms with Gasteiger partial charge in [-0.2, -0.15) is 0 Å². The van der Waals surface area contributed by atoms with Gasteiger partial charge in [-0.05, 0) is 23.1 Å². The number of hydrogen-bond donors (Lipinski definition) is 0. The highest BCUT2D eigenvalue weighted by Gasteiger charge is 2.22. The molecule has 0 aromatic heterocycles. The molecule has 0 heterocycles. The molecule has 0 radical (unpaired) electrons. The minimum atomic E-state index is -1.36. The number of alkyl halides is 3. The molecule has 2 rings (SSSR count). The lowest BCUT2D eigenvalue weighted by Crippen LogP contribution is -1.98. The highest BCUT2D eigenvalue weighted by atomic mass is 35.6. The van der Waals surface area contributed by atoms with E-state index < -0.39 is 3.79 Å². The molecule has 0 saturated heterocycles. The fourth-order valence-corrected chi connectivity index (χ4v) is 2.16. The molecule has 94 valence electrons. The fourth-order valence-electron chi connectivity index (χ4n) is 1.78. The molecule has 18 heavy (non-hydrogen) atoms. The predicted molar refractivity (Wildman–Crippen MR) is 80.5 cm³/mol. The average Bonchev–Trinajstić information content (AvgIpc) is 2.38. The summed E-state index contributed by atoms with van der Waals surface area (Å²) in [5.41, 5.74) is 4.30. The number of benzene rings is 2. The fraction of sp³-hybridized carbons (Fsp3) is 0.200. The van der Waals surface area contributed by atoms with Crippen LogP contribution in [0.25, 0.3) is 11.1 Å². The molecule has 0 amide bonds. The number of halogens is 3. The number of aryl methyl sites for hydroxylation is 1. The SMILES string of the molecule is CCc1ccc(-c2ccc(C(Cl)(Cl)Cl)cc2)cc1. The summed E-state index contributed by atoms with van der Waals surface area (Å²) >= 11 is 17.5. The van der Waals surface area contributed by atoms with Crippen LogP contribution in [-0.2, 0) is 10.2 Å². The van der Waals surface area contributed by atoms with E-state index in [1.807, 2.05) is 24.3 Å². The second-order valence-electron chi connectivity index (χ2n) is 4.13. The zero-order valence-corrected chi connectivity index (χ0v) is 12.2. The largest absolute Gasteiger partial charge is 0.216 e. The van der Waals surface area contributed by atoms with Gasteiger partial charge in [0.1, 0.15) is 0 Å². The lowest BCUT2D eigenvalue weighted by Gasteiger charge is -2.11. The molecule has 0 saturated carbocycles. The molecule has 0 spiro atoms. The third-order valence-corrected chi connectivity index (χ3v) is 3.56. The van der Waals surface area contributed by atoms with Crippen LogP contribution in [0.3, 0.4) is 0 Å². The Labute approximate surface area is 122 Å². The van der Waals surface area contributed by atoms with Crippen LogP contribution < -0.4 is 0 Å². The van der Waals surface area contributed by atoms with E-state index in [4.69, 9.17) is 34.8 Å². The topological polar surface area (TPSA) is 0 Å². The van der Waals surface area contributed by atoms with Crippen molar-refractivity contribution in [3.05, 3.63) is 59.7 Å². The van der Waals surface area contributed by atoms with Gasteiger partial charge in [-0.1, -0.05) is 90.3 Å². The molecule has 0 N–H and O–H groups in total. The van der Waals surface area contributed by atoms with Crippen molar-refractivity contribution in [2.24, 2.45) is 0 Å². The van der Waals surface area contributed by atoms with Crippen LogP contribution in [0.5, 0.6) is 0 Å². The maximum atomic E-state index is 5.83. The van der Waals surface area contributed by atoms with Crippen LogP contribution >= 0.6 is 34.8 Å². The van der Waals surface area contributed by atoms with Crippen LogP contribution in [0, 0.1) is 0 Å². The minimum Gasteiger partial charge on any atom is -0.0784 e.